The molecular weight excluding hydrogens is 310 g/mol. The SMILES string of the molecule is CCOc1ccc(OC(C)C(=O)Nc2ccc(SC)cc2)cc1. The number of rotatable bonds is 7. The molecule has 2 rings (SSSR count). The molecule has 0 bridgehead atoms. The molecule has 2 aromatic carbocycles. The summed E-state index contributed by atoms with van der Waals surface area (Å²) in [5.41, 5.74) is 0.759. The van der Waals surface area contributed by atoms with E-state index < -0.39 is 6.10 Å². The first-order valence-corrected chi connectivity index (χ1v) is 8.69. The fourth-order valence-electron chi connectivity index (χ4n) is 1.96. The Labute approximate surface area is 141 Å². The second kappa shape index (κ2) is 8.48. The van der Waals surface area contributed by atoms with Crippen molar-refractivity contribution < 1.29 is 14.3 Å². The quantitative estimate of drug-likeness (QED) is 0.772. The normalized spacial score (nSPS) is 11.6. The van der Waals surface area contributed by atoms with Crippen LogP contribution >= 0.6 is 11.8 Å². The molecule has 0 spiro atoms. The summed E-state index contributed by atoms with van der Waals surface area (Å²) in [5, 5.41) is 2.85. The summed E-state index contributed by atoms with van der Waals surface area (Å²) in [6, 6.07) is 14.9. The number of carbonyl (C=O) groups is 1. The molecule has 1 unspecified atom stereocenters. The number of thioether (sulfide) groups is 1. The van der Waals surface area contributed by atoms with Gasteiger partial charge in [-0.05, 0) is 68.6 Å². The van der Waals surface area contributed by atoms with Crippen molar-refractivity contribution in [2.75, 3.05) is 18.2 Å². The third-order valence-electron chi connectivity index (χ3n) is 3.17. The third-order valence-corrected chi connectivity index (χ3v) is 3.92. The predicted octanol–water partition coefficient (Wildman–Crippen LogP) is 4.21. The molecule has 0 saturated carbocycles. The monoisotopic (exact) mass is 331 g/mol. The van der Waals surface area contributed by atoms with Gasteiger partial charge in [0.2, 0.25) is 0 Å². The molecule has 23 heavy (non-hydrogen) atoms. The molecule has 0 fully saturated rings. The lowest BCUT2D eigenvalue weighted by atomic mass is 10.3. The zero-order valence-electron chi connectivity index (χ0n) is 13.5. The Morgan fingerprint density at radius 1 is 1.09 bits per heavy atom. The third kappa shape index (κ3) is 5.21. The van der Waals surface area contributed by atoms with Crippen molar-refractivity contribution in [3.05, 3.63) is 48.5 Å². The first kappa shape index (κ1) is 17.2. The average Bonchev–Trinajstić information content (AvgIpc) is 2.57. The van der Waals surface area contributed by atoms with Crippen LogP contribution in [0, 0.1) is 0 Å². The average molecular weight is 331 g/mol. The molecule has 2 aromatic rings. The number of hydrogen-bond acceptors (Lipinski definition) is 4. The minimum atomic E-state index is -0.590. The highest BCUT2D eigenvalue weighted by Gasteiger charge is 2.14. The summed E-state index contributed by atoms with van der Waals surface area (Å²) in [5.74, 6) is 1.23. The molecule has 5 heteroatoms. The van der Waals surface area contributed by atoms with E-state index in [0.29, 0.717) is 12.4 Å². The molecule has 0 aliphatic carbocycles. The maximum Gasteiger partial charge on any atom is 0.265 e. The molecule has 4 nitrogen and oxygen atoms in total. The van der Waals surface area contributed by atoms with E-state index in [1.165, 1.54) is 0 Å². The fraction of sp³-hybridized carbons (Fsp3) is 0.278. The Bertz CT molecular complexity index is 626. The van der Waals surface area contributed by atoms with Gasteiger partial charge in [0.1, 0.15) is 11.5 Å². The van der Waals surface area contributed by atoms with E-state index >= 15 is 0 Å². The zero-order chi connectivity index (χ0) is 16.7. The van der Waals surface area contributed by atoms with Crippen molar-refractivity contribution in [1.29, 1.82) is 0 Å². The van der Waals surface area contributed by atoms with Crippen molar-refractivity contribution >= 4 is 23.4 Å². The number of hydrogen-bond donors (Lipinski definition) is 1. The smallest absolute Gasteiger partial charge is 0.265 e. The molecule has 0 aliphatic heterocycles. The lowest BCUT2D eigenvalue weighted by Gasteiger charge is -2.15. The van der Waals surface area contributed by atoms with Gasteiger partial charge in [-0.2, -0.15) is 0 Å². The van der Waals surface area contributed by atoms with Gasteiger partial charge in [-0.15, -0.1) is 11.8 Å². The molecule has 1 amide bonds. The summed E-state index contributed by atoms with van der Waals surface area (Å²) in [7, 11) is 0. The van der Waals surface area contributed by atoms with E-state index in [2.05, 4.69) is 5.32 Å². The first-order valence-electron chi connectivity index (χ1n) is 7.46. The van der Waals surface area contributed by atoms with Gasteiger partial charge in [-0.3, -0.25) is 4.79 Å². The number of amides is 1. The minimum absolute atomic E-state index is 0.184. The predicted molar refractivity (Wildman–Crippen MR) is 94.6 cm³/mol. The van der Waals surface area contributed by atoms with Crippen molar-refractivity contribution in [1.82, 2.24) is 0 Å². The Hall–Kier alpha value is -2.14. The second-order valence-corrected chi connectivity index (χ2v) is 5.76. The van der Waals surface area contributed by atoms with Crippen molar-refractivity contribution in [3.63, 3.8) is 0 Å². The van der Waals surface area contributed by atoms with E-state index in [9.17, 15) is 4.79 Å². The molecule has 122 valence electrons. The van der Waals surface area contributed by atoms with Gasteiger partial charge in [0.05, 0.1) is 6.61 Å². The largest absolute Gasteiger partial charge is 0.494 e. The molecule has 0 heterocycles. The number of ether oxygens (including phenoxy) is 2. The van der Waals surface area contributed by atoms with Gasteiger partial charge in [-0.1, -0.05) is 0 Å². The molecule has 0 radical (unpaired) electrons. The number of benzene rings is 2. The molecule has 1 atom stereocenters. The Morgan fingerprint density at radius 2 is 1.70 bits per heavy atom. The molecule has 0 aliphatic rings. The fourth-order valence-corrected chi connectivity index (χ4v) is 2.37. The van der Waals surface area contributed by atoms with E-state index in [4.69, 9.17) is 9.47 Å². The number of nitrogens with one attached hydrogen (secondary N) is 1. The lowest BCUT2D eigenvalue weighted by molar-refractivity contribution is -0.122. The topological polar surface area (TPSA) is 47.6 Å². The van der Waals surface area contributed by atoms with Gasteiger partial charge >= 0.3 is 0 Å². The Balaban J connectivity index is 1.90. The molecule has 1 N–H and O–H groups in total. The maximum absolute atomic E-state index is 12.2. The maximum atomic E-state index is 12.2. The van der Waals surface area contributed by atoms with Crippen molar-refractivity contribution in [3.8, 4) is 11.5 Å². The van der Waals surface area contributed by atoms with Crippen LogP contribution in [0.2, 0.25) is 0 Å². The van der Waals surface area contributed by atoms with Crippen LogP contribution in [0.5, 0.6) is 11.5 Å². The van der Waals surface area contributed by atoms with Crippen LogP contribution in [0.4, 0.5) is 5.69 Å². The minimum Gasteiger partial charge on any atom is -0.494 e. The van der Waals surface area contributed by atoms with E-state index in [0.717, 1.165) is 16.3 Å². The van der Waals surface area contributed by atoms with E-state index in [1.807, 2.05) is 49.6 Å². The van der Waals surface area contributed by atoms with Gasteiger partial charge in [-0.25, -0.2) is 0 Å². The standard InChI is InChI=1S/C18H21NO3S/c1-4-21-15-7-9-16(10-8-15)22-13(2)18(20)19-14-5-11-17(23-3)12-6-14/h5-13H,4H2,1-3H3,(H,19,20). The van der Waals surface area contributed by atoms with Crippen LogP contribution in [0.25, 0.3) is 0 Å². The molecule has 0 saturated heterocycles. The van der Waals surface area contributed by atoms with E-state index in [1.54, 1.807) is 30.8 Å². The summed E-state index contributed by atoms with van der Waals surface area (Å²) < 4.78 is 11.0. The van der Waals surface area contributed by atoms with Crippen LogP contribution < -0.4 is 14.8 Å². The lowest BCUT2D eigenvalue weighted by Crippen LogP contribution is -2.30. The van der Waals surface area contributed by atoms with Crippen LogP contribution in [0.15, 0.2) is 53.4 Å². The van der Waals surface area contributed by atoms with Crippen LogP contribution in [0.1, 0.15) is 13.8 Å². The van der Waals surface area contributed by atoms with Crippen molar-refractivity contribution in [2.45, 2.75) is 24.8 Å². The number of anilines is 1. The highest BCUT2D eigenvalue weighted by molar-refractivity contribution is 7.98. The molecular formula is C18H21NO3S. The van der Waals surface area contributed by atoms with Crippen LogP contribution in [-0.2, 0) is 4.79 Å². The summed E-state index contributed by atoms with van der Waals surface area (Å²) in [6.45, 7) is 4.28. The van der Waals surface area contributed by atoms with E-state index in [-0.39, 0.29) is 5.91 Å². The highest BCUT2D eigenvalue weighted by Crippen LogP contribution is 2.20. The van der Waals surface area contributed by atoms with Crippen LogP contribution in [-0.4, -0.2) is 24.9 Å². The summed E-state index contributed by atoms with van der Waals surface area (Å²) in [6.07, 6.45) is 1.42. The van der Waals surface area contributed by atoms with Gasteiger partial charge in [0.25, 0.3) is 5.91 Å². The van der Waals surface area contributed by atoms with Crippen molar-refractivity contribution in [2.24, 2.45) is 0 Å². The van der Waals surface area contributed by atoms with Gasteiger partial charge in [0.15, 0.2) is 6.10 Å². The Morgan fingerprint density at radius 3 is 2.26 bits per heavy atom. The van der Waals surface area contributed by atoms with Gasteiger partial charge < -0.3 is 14.8 Å². The summed E-state index contributed by atoms with van der Waals surface area (Å²) >= 11 is 1.66. The Kier molecular flexibility index (Phi) is 6.35. The number of carbonyl (C=O) groups excluding carboxylic acids is 1. The molecule has 0 aromatic heterocycles. The van der Waals surface area contributed by atoms with Crippen LogP contribution in [0.3, 0.4) is 0 Å². The highest BCUT2D eigenvalue weighted by atomic mass is 32.2. The zero-order valence-corrected chi connectivity index (χ0v) is 14.4. The second-order valence-electron chi connectivity index (χ2n) is 4.88. The van der Waals surface area contributed by atoms with Gasteiger partial charge in [0, 0.05) is 10.6 Å². The first-order chi connectivity index (χ1) is 11.1. The summed E-state index contributed by atoms with van der Waals surface area (Å²) in [4.78, 5) is 13.3.